The maximum absolute atomic E-state index is 9.67. The van der Waals surface area contributed by atoms with E-state index in [-0.39, 0.29) is 6.61 Å². The van der Waals surface area contributed by atoms with E-state index in [1.165, 1.54) is 14.2 Å². The van der Waals surface area contributed by atoms with Crippen LogP contribution in [-0.4, -0.2) is 50.5 Å². The van der Waals surface area contributed by atoms with Gasteiger partial charge in [0.15, 0.2) is 6.29 Å². The van der Waals surface area contributed by atoms with Crippen LogP contribution in [0.2, 0.25) is 0 Å². The second-order valence-corrected chi connectivity index (χ2v) is 2.90. The molecule has 0 aromatic rings. The Labute approximate surface area is 81.2 Å². The van der Waals surface area contributed by atoms with Crippen molar-refractivity contribution in [2.45, 2.75) is 24.5 Å². The predicted molar refractivity (Wildman–Crippen MR) is 46.5 cm³/mol. The molecule has 0 aromatic carbocycles. The minimum absolute atomic E-state index is 0.179. The summed E-state index contributed by atoms with van der Waals surface area (Å²) < 4.78 is 15.0. The molecule has 0 bridgehead atoms. The SMILES string of the molecule is CO[C@H]1OC[C@@H](N=[N+]=[N-])[C@H](OC)[C@H]1O. The van der Waals surface area contributed by atoms with Gasteiger partial charge in [0.1, 0.15) is 6.10 Å². The van der Waals surface area contributed by atoms with Crippen molar-refractivity contribution in [3.05, 3.63) is 10.4 Å². The average molecular weight is 203 g/mol. The van der Waals surface area contributed by atoms with Crippen LogP contribution in [-0.2, 0) is 14.2 Å². The highest BCUT2D eigenvalue weighted by atomic mass is 16.7. The number of aliphatic hydroxyl groups is 1. The summed E-state index contributed by atoms with van der Waals surface area (Å²) in [4.78, 5) is 2.66. The third-order valence-corrected chi connectivity index (χ3v) is 2.13. The number of ether oxygens (including phenoxy) is 3. The van der Waals surface area contributed by atoms with Gasteiger partial charge in [0.05, 0.1) is 18.8 Å². The fraction of sp³-hybridized carbons (Fsp3) is 1.00. The number of aliphatic hydroxyl groups excluding tert-OH is 1. The monoisotopic (exact) mass is 203 g/mol. The zero-order valence-corrected chi connectivity index (χ0v) is 8.03. The van der Waals surface area contributed by atoms with Crippen LogP contribution in [0.3, 0.4) is 0 Å². The van der Waals surface area contributed by atoms with E-state index in [9.17, 15) is 5.11 Å². The van der Waals surface area contributed by atoms with Crippen LogP contribution in [0.4, 0.5) is 0 Å². The van der Waals surface area contributed by atoms with Gasteiger partial charge in [-0.3, -0.25) is 0 Å². The average Bonchev–Trinajstić information content (AvgIpc) is 2.19. The van der Waals surface area contributed by atoms with Crippen molar-refractivity contribution in [3.63, 3.8) is 0 Å². The maximum atomic E-state index is 9.67. The molecule has 0 spiro atoms. The van der Waals surface area contributed by atoms with Crippen molar-refractivity contribution in [1.29, 1.82) is 0 Å². The summed E-state index contributed by atoms with van der Waals surface area (Å²) in [5, 5.41) is 13.1. The van der Waals surface area contributed by atoms with Crippen molar-refractivity contribution in [2.75, 3.05) is 20.8 Å². The fourth-order valence-corrected chi connectivity index (χ4v) is 1.44. The van der Waals surface area contributed by atoms with Crippen LogP contribution in [0.15, 0.2) is 5.11 Å². The summed E-state index contributed by atoms with van der Waals surface area (Å²) in [5.74, 6) is 0. The third kappa shape index (κ3) is 2.14. The number of rotatable bonds is 3. The molecule has 0 unspecified atom stereocenters. The van der Waals surface area contributed by atoms with E-state index in [0.717, 1.165) is 0 Å². The van der Waals surface area contributed by atoms with E-state index in [0.29, 0.717) is 0 Å². The lowest BCUT2D eigenvalue weighted by Crippen LogP contribution is -2.53. The molecule has 1 heterocycles. The predicted octanol–water partition coefficient (Wildman–Crippen LogP) is 0.0439. The van der Waals surface area contributed by atoms with Gasteiger partial charge in [0.25, 0.3) is 0 Å². The Morgan fingerprint density at radius 3 is 2.71 bits per heavy atom. The molecule has 0 radical (unpaired) electrons. The Morgan fingerprint density at radius 2 is 2.21 bits per heavy atom. The van der Waals surface area contributed by atoms with E-state index >= 15 is 0 Å². The van der Waals surface area contributed by atoms with Gasteiger partial charge in [-0.15, -0.1) is 0 Å². The molecule has 1 N–H and O–H groups in total. The summed E-state index contributed by atoms with van der Waals surface area (Å²) in [6.45, 7) is 0.179. The lowest BCUT2D eigenvalue weighted by molar-refractivity contribution is -0.242. The van der Waals surface area contributed by atoms with Crippen molar-refractivity contribution in [2.24, 2.45) is 5.11 Å². The number of hydrogen-bond acceptors (Lipinski definition) is 5. The van der Waals surface area contributed by atoms with Crippen molar-refractivity contribution in [1.82, 2.24) is 0 Å². The Balaban J connectivity index is 2.71. The number of azide groups is 1. The molecule has 7 heteroatoms. The Hall–Kier alpha value is -0.850. The molecule has 1 fully saturated rings. The Morgan fingerprint density at radius 1 is 1.50 bits per heavy atom. The van der Waals surface area contributed by atoms with Crippen LogP contribution in [0.1, 0.15) is 0 Å². The number of hydrogen-bond donors (Lipinski definition) is 1. The summed E-state index contributed by atoms with van der Waals surface area (Å²) >= 11 is 0. The minimum Gasteiger partial charge on any atom is -0.385 e. The van der Waals surface area contributed by atoms with Crippen LogP contribution >= 0.6 is 0 Å². The van der Waals surface area contributed by atoms with Gasteiger partial charge in [0.2, 0.25) is 0 Å². The normalized spacial score (nSPS) is 37.6. The van der Waals surface area contributed by atoms with Gasteiger partial charge in [-0.05, 0) is 5.53 Å². The van der Waals surface area contributed by atoms with Crippen LogP contribution in [0.5, 0.6) is 0 Å². The van der Waals surface area contributed by atoms with Crippen LogP contribution in [0, 0.1) is 0 Å². The van der Waals surface area contributed by atoms with Gasteiger partial charge < -0.3 is 19.3 Å². The molecular formula is C7H13N3O4. The molecule has 0 aromatic heterocycles. The fourth-order valence-electron chi connectivity index (χ4n) is 1.44. The summed E-state index contributed by atoms with van der Waals surface area (Å²) in [7, 11) is 2.86. The molecule has 4 atom stereocenters. The standard InChI is InChI=1S/C7H13N3O4/c1-12-6-4(9-10-8)3-14-7(13-2)5(6)11/h4-7,11H,3H2,1-2H3/t4-,5-,6+,7+/m1/s1. The maximum Gasteiger partial charge on any atom is 0.185 e. The van der Waals surface area contributed by atoms with Gasteiger partial charge in [-0.2, -0.15) is 0 Å². The number of methoxy groups -OCH3 is 2. The second kappa shape index (κ2) is 5.14. The Bertz CT molecular complexity index is 231. The lowest BCUT2D eigenvalue weighted by Gasteiger charge is -2.36. The lowest BCUT2D eigenvalue weighted by atomic mass is 10.0. The van der Waals surface area contributed by atoms with Crippen molar-refractivity contribution < 1.29 is 19.3 Å². The molecule has 1 saturated heterocycles. The quantitative estimate of drug-likeness (QED) is 0.398. The van der Waals surface area contributed by atoms with E-state index in [1.54, 1.807) is 0 Å². The summed E-state index contributed by atoms with van der Waals surface area (Å²) in [6, 6.07) is -0.522. The van der Waals surface area contributed by atoms with Crippen molar-refractivity contribution in [3.8, 4) is 0 Å². The highest BCUT2D eigenvalue weighted by molar-refractivity contribution is 4.88. The first-order valence-corrected chi connectivity index (χ1v) is 4.14. The molecule has 0 saturated carbocycles. The topological polar surface area (TPSA) is 96.7 Å². The number of nitrogens with zero attached hydrogens (tertiary/aromatic N) is 3. The largest absolute Gasteiger partial charge is 0.385 e. The molecule has 1 aliphatic heterocycles. The molecule has 14 heavy (non-hydrogen) atoms. The zero-order chi connectivity index (χ0) is 10.6. The van der Waals surface area contributed by atoms with Gasteiger partial charge in [0, 0.05) is 19.1 Å². The molecule has 0 aliphatic carbocycles. The van der Waals surface area contributed by atoms with E-state index in [2.05, 4.69) is 10.0 Å². The molecule has 80 valence electrons. The van der Waals surface area contributed by atoms with E-state index < -0.39 is 24.5 Å². The molecule has 7 nitrogen and oxygen atoms in total. The molecular weight excluding hydrogens is 190 g/mol. The first kappa shape index (κ1) is 11.2. The van der Waals surface area contributed by atoms with Crippen molar-refractivity contribution >= 4 is 0 Å². The first-order valence-electron chi connectivity index (χ1n) is 4.14. The summed E-state index contributed by atoms with van der Waals surface area (Å²) in [6.07, 6.45) is -2.27. The minimum atomic E-state index is -0.950. The smallest absolute Gasteiger partial charge is 0.185 e. The summed E-state index contributed by atoms with van der Waals surface area (Å²) in [5.41, 5.74) is 8.28. The van der Waals surface area contributed by atoms with E-state index in [1.807, 2.05) is 0 Å². The van der Waals surface area contributed by atoms with Crippen LogP contribution in [0.25, 0.3) is 10.4 Å². The van der Waals surface area contributed by atoms with E-state index in [4.69, 9.17) is 19.7 Å². The van der Waals surface area contributed by atoms with Gasteiger partial charge >= 0.3 is 0 Å². The highest BCUT2D eigenvalue weighted by Gasteiger charge is 2.39. The second-order valence-electron chi connectivity index (χ2n) is 2.90. The molecule has 0 amide bonds. The Kier molecular flexibility index (Phi) is 4.12. The van der Waals surface area contributed by atoms with Gasteiger partial charge in [-0.25, -0.2) is 0 Å². The third-order valence-electron chi connectivity index (χ3n) is 2.13. The van der Waals surface area contributed by atoms with Crippen LogP contribution < -0.4 is 0 Å². The highest BCUT2D eigenvalue weighted by Crippen LogP contribution is 2.20. The molecule has 1 rings (SSSR count). The zero-order valence-electron chi connectivity index (χ0n) is 8.03. The van der Waals surface area contributed by atoms with Gasteiger partial charge in [-0.1, -0.05) is 5.11 Å². The first-order chi connectivity index (χ1) is 6.74. The molecule has 1 aliphatic rings.